The van der Waals surface area contributed by atoms with Crippen LogP contribution in [-0.2, 0) is 4.57 Å². The quantitative estimate of drug-likeness (QED) is 0.488. The summed E-state index contributed by atoms with van der Waals surface area (Å²) in [7, 11) is -3.32. The van der Waals surface area contributed by atoms with E-state index in [1.54, 1.807) is 24.3 Å². The van der Waals surface area contributed by atoms with E-state index in [0.29, 0.717) is 12.1 Å². The second-order valence-corrected chi connectivity index (χ2v) is 9.85. The number of hydrogen-bond acceptors (Lipinski definition) is 4. The maximum absolute atomic E-state index is 12.4. The van der Waals surface area contributed by atoms with Gasteiger partial charge in [0.25, 0.3) is 0 Å². The number of benzene rings is 1. The van der Waals surface area contributed by atoms with E-state index in [4.69, 9.17) is 5.11 Å². The van der Waals surface area contributed by atoms with Gasteiger partial charge in [-0.25, -0.2) is 4.79 Å². The first-order valence-electron chi connectivity index (χ1n) is 9.32. The second kappa shape index (κ2) is 9.65. The van der Waals surface area contributed by atoms with Crippen molar-refractivity contribution in [3.63, 3.8) is 0 Å². The Morgan fingerprint density at radius 1 is 1.23 bits per heavy atom. The fraction of sp³-hybridized carbons (Fsp3) is 0.632. The molecule has 0 aliphatic heterocycles. The SMILES string of the molecule is C[C@H](NC[C@@H](O)CP(=O)(O)CC1CCCCC1)c1ccc(C(=O)O)cc1. The van der Waals surface area contributed by atoms with Crippen LogP contribution in [-0.4, -0.2) is 46.0 Å². The molecule has 6 nitrogen and oxygen atoms in total. The lowest BCUT2D eigenvalue weighted by atomic mass is 9.91. The van der Waals surface area contributed by atoms with Crippen molar-refractivity contribution in [2.45, 2.75) is 51.2 Å². The van der Waals surface area contributed by atoms with Gasteiger partial charge in [-0.3, -0.25) is 4.57 Å². The number of nitrogens with one attached hydrogen (secondary N) is 1. The van der Waals surface area contributed by atoms with Crippen LogP contribution in [0.3, 0.4) is 0 Å². The minimum Gasteiger partial charge on any atom is -0.478 e. The van der Waals surface area contributed by atoms with Crippen molar-refractivity contribution in [3.8, 4) is 0 Å². The monoisotopic (exact) mass is 383 g/mol. The molecule has 26 heavy (non-hydrogen) atoms. The molecule has 146 valence electrons. The number of hydrogen-bond donors (Lipinski definition) is 4. The smallest absolute Gasteiger partial charge is 0.335 e. The van der Waals surface area contributed by atoms with Crippen molar-refractivity contribution in [3.05, 3.63) is 35.4 Å². The van der Waals surface area contributed by atoms with Crippen molar-refractivity contribution in [2.24, 2.45) is 5.92 Å². The molecule has 0 heterocycles. The summed E-state index contributed by atoms with van der Waals surface area (Å²) in [4.78, 5) is 21.1. The molecule has 2 rings (SSSR count). The van der Waals surface area contributed by atoms with E-state index in [-0.39, 0.29) is 24.3 Å². The average Bonchev–Trinajstić information content (AvgIpc) is 2.59. The van der Waals surface area contributed by atoms with E-state index in [9.17, 15) is 19.4 Å². The minimum absolute atomic E-state index is 0.0822. The summed E-state index contributed by atoms with van der Waals surface area (Å²) in [5, 5.41) is 22.2. The Morgan fingerprint density at radius 2 is 1.85 bits per heavy atom. The average molecular weight is 383 g/mol. The van der Waals surface area contributed by atoms with Gasteiger partial charge in [0.15, 0.2) is 0 Å². The van der Waals surface area contributed by atoms with Crippen LogP contribution < -0.4 is 5.32 Å². The van der Waals surface area contributed by atoms with Gasteiger partial charge < -0.3 is 20.4 Å². The number of aliphatic hydroxyl groups excluding tert-OH is 1. The Balaban J connectivity index is 1.78. The summed E-state index contributed by atoms with van der Waals surface area (Å²) in [6.45, 7) is 2.13. The third-order valence-corrected chi connectivity index (χ3v) is 7.16. The molecule has 1 aliphatic rings. The van der Waals surface area contributed by atoms with Crippen LogP contribution in [0.2, 0.25) is 0 Å². The van der Waals surface area contributed by atoms with E-state index < -0.39 is 19.4 Å². The van der Waals surface area contributed by atoms with E-state index in [0.717, 1.165) is 31.2 Å². The molecule has 0 saturated heterocycles. The zero-order valence-electron chi connectivity index (χ0n) is 15.3. The zero-order chi connectivity index (χ0) is 19.2. The molecule has 1 aromatic carbocycles. The molecule has 1 unspecified atom stereocenters. The summed E-state index contributed by atoms with van der Waals surface area (Å²) in [6, 6.07) is 6.45. The first kappa shape index (κ1) is 21.1. The summed E-state index contributed by atoms with van der Waals surface area (Å²) in [5.74, 6) is -0.657. The van der Waals surface area contributed by atoms with Crippen LogP contribution in [0.15, 0.2) is 24.3 Å². The van der Waals surface area contributed by atoms with Crippen LogP contribution >= 0.6 is 7.37 Å². The number of carboxylic acids is 1. The lowest BCUT2D eigenvalue weighted by molar-refractivity contribution is 0.0697. The third kappa shape index (κ3) is 6.84. The first-order valence-corrected chi connectivity index (χ1v) is 11.4. The van der Waals surface area contributed by atoms with Gasteiger partial charge in [0.1, 0.15) is 0 Å². The summed E-state index contributed by atoms with van der Waals surface area (Å²) in [6.07, 6.45) is 4.86. The predicted octanol–water partition coefficient (Wildman–Crippen LogP) is 3.25. The molecule has 0 radical (unpaired) electrons. The van der Waals surface area contributed by atoms with Gasteiger partial charge in [-0.1, -0.05) is 31.4 Å². The largest absolute Gasteiger partial charge is 0.478 e. The van der Waals surface area contributed by atoms with Crippen LogP contribution in [0.25, 0.3) is 0 Å². The first-order chi connectivity index (χ1) is 12.3. The van der Waals surface area contributed by atoms with Crippen molar-refractivity contribution in [1.82, 2.24) is 5.32 Å². The Kier molecular flexibility index (Phi) is 7.84. The topological polar surface area (TPSA) is 107 Å². The fourth-order valence-electron chi connectivity index (χ4n) is 3.59. The van der Waals surface area contributed by atoms with E-state index >= 15 is 0 Å². The molecular formula is C19H30NO5P. The standard InChI is InChI=1S/C19H30NO5P/c1-14(16-7-9-17(10-8-16)19(22)23)20-11-18(21)13-26(24,25)12-15-5-3-2-4-6-15/h7-10,14-15,18,20-21H,2-6,11-13H2,1H3,(H,22,23)(H,24,25)/t14-,18+/m0/s1. The molecule has 4 N–H and O–H groups in total. The van der Waals surface area contributed by atoms with Gasteiger partial charge in [-0.2, -0.15) is 0 Å². The van der Waals surface area contributed by atoms with Gasteiger partial charge in [0, 0.05) is 18.7 Å². The summed E-state index contributed by atoms with van der Waals surface area (Å²) < 4.78 is 12.4. The van der Waals surface area contributed by atoms with E-state index in [1.807, 2.05) is 6.92 Å². The summed E-state index contributed by atoms with van der Waals surface area (Å²) in [5.41, 5.74) is 1.13. The second-order valence-electron chi connectivity index (χ2n) is 7.43. The van der Waals surface area contributed by atoms with Gasteiger partial charge in [0.05, 0.1) is 17.8 Å². The van der Waals surface area contributed by atoms with Gasteiger partial charge in [-0.05, 0) is 43.4 Å². The number of aliphatic hydroxyl groups is 1. The van der Waals surface area contributed by atoms with Gasteiger partial charge in [0.2, 0.25) is 7.37 Å². The van der Waals surface area contributed by atoms with E-state index in [2.05, 4.69) is 5.32 Å². The minimum atomic E-state index is -3.32. The molecule has 3 atom stereocenters. The predicted molar refractivity (Wildman–Crippen MR) is 102 cm³/mol. The molecule has 7 heteroatoms. The maximum Gasteiger partial charge on any atom is 0.335 e. The number of rotatable bonds is 9. The van der Waals surface area contributed by atoms with Crippen molar-refractivity contribution >= 4 is 13.3 Å². The van der Waals surface area contributed by atoms with Crippen molar-refractivity contribution < 1.29 is 24.5 Å². The highest BCUT2D eigenvalue weighted by molar-refractivity contribution is 7.58. The molecule has 1 aliphatic carbocycles. The van der Waals surface area contributed by atoms with Gasteiger partial charge in [-0.15, -0.1) is 0 Å². The Bertz CT molecular complexity index is 627. The maximum atomic E-state index is 12.4. The molecule has 1 fully saturated rings. The molecule has 0 aromatic heterocycles. The molecule has 0 spiro atoms. The van der Waals surface area contributed by atoms with Crippen LogP contribution in [0.1, 0.15) is 61.0 Å². The molecule has 1 saturated carbocycles. The number of carboxylic acid groups (broad SMARTS) is 1. The summed E-state index contributed by atoms with van der Waals surface area (Å²) >= 11 is 0. The third-order valence-electron chi connectivity index (χ3n) is 5.08. The highest BCUT2D eigenvalue weighted by atomic mass is 31.2. The van der Waals surface area contributed by atoms with Crippen molar-refractivity contribution in [1.29, 1.82) is 0 Å². The zero-order valence-corrected chi connectivity index (χ0v) is 16.2. The lowest BCUT2D eigenvalue weighted by Crippen LogP contribution is -2.32. The molecule has 1 aromatic rings. The van der Waals surface area contributed by atoms with Crippen LogP contribution in [0.4, 0.5) is 0 Å². The van der Waals surface area contributed by atoms with Crippen molar-refractivity contribution in [2.75, 3.05) is 18.9 Å². The number of aromatic carboxylic acids is 1. The Hall–Kier alpha value is -1.20. The van der Waals surface area contributed by atoms with E-state index in [1.165, 1.54) is 6.42 Å². The fourth-order valence-corrected chi connectivity index (χ4v) is 5.70. The van der Waals surface area contributed by atoms with Crippen LogP contribution in [0.5, 0.6) is 0 Å². The molecule has 0 bridgehead atoms. The van der Waals surface area contributed by atoms with Gasteiger partial charge >= 0.3 is 5.97 Å². The van der Waals surface area contributed by atoms with Crippen LogP contribution in [0, 0.1) is 5.92 Å². The highest BCUT2D eigenvalue weighted by Crippen LogP contribution is 2.45. The number of carbonyl (C=O) groups is 1. The highest BCUT2D eigenvalue weighted by Gasteiger charge is 2.28. The molecular weight excluding hydrogens is 353 g/mol. The molecule has 0 amide bonds. The lowest BCUT2D eigenvalue weighted by Gasteiger charge is -2.25. The Labute approximate surface area is 155 Å². The normalized spacial score (nSPS) is 20.3. The Morgan fingerprint density at radius 3 is 2.42 bits per heavy atom.